The second-order valence-electron chi connectivity index (χ2n) is 2.13. The van der Waals surface area contributed by atoms with Crippen molar-refractivity contribution in [2.45, 2.75) is 20.6 Å². The van der Waals surface area contributed by atoms with Crippen LogP contribution in [0.4, 0.5) is 22.0 Å². The number of hydrogen-bond donors (Lipinski definition) is 0. The molecule has 0 aromatic heterocycles. The predicted octanol–water partition coefficient (Wildman–Crippen LogP) is 4.66. The van der Waals surface area contributed by atoms with Gasteiger partial charge in [0.05, 0.1) is 0 Å². The van der Waals surface area contributed by atoms with E-state index in [1.807, 2.05) is 0 Å². The first-order valence-corrected chi connectivity index (χ1v) is 4.69. The summed E-state index contributed by atoms with van der Waals surface area (Å²) in [5.41, 5.74) is 0. The molecule has 0 N–H and O–H groups in total. The van der Waals surface area contributed by atoms with E-state index in [2.05, 4.69) is 62.7 Å². The zero-order chi connectivity index (χ0) is 12.7. The van der Waals surface area contributed by atoms with E-state index in [4.69, 9.17) is 0 Å². The third-order valence-corrected chi connectivity index (χ3v) is 2.52. The first-order valence-electron chi connectivity index (χ1n) is 2.80. The van der Waals surface area contributed by atoms with E-state index < -0.39 is 20.6 Å². The van der Waals surface area contributed by atoms with Crippen molar-refractivity contribution in [3.05, 3.63) is 0 Å². The van der Waals surface area contributed by atoms with Crippen molar-refractivity contribution in [1.82, 2.24) is 0 Å². The maximum absolute atomic E-state index is 12.9. The van der Waals surface area contributed by atoms with Gasteiger partial charge in [-0.1, -0.05) is 46.4 Å². The Balaban J connectivity index is 4.89. The molecular weight excluding hydrogens is 336 g/mol. The molecule has 0 heterocycles. The molecule has 0 spiro atoms. The molecule has 0 aromatic carbocycles. The highest BCUT2D eigenvalue weighted by Crippen LogP contribution is 2.51. The van der Waals surface area contributed by atoms with Crippen LogP contribution >= 0.6 is 58.0 Å². The fraction of sp³-hybridized carbons (Fsp3) is 1.00. The summed E-state index contributed by atoms with van der Waals surface area (Å²) in [6.07, 6.45) is -5.43. The van der Waals surface area contributed by atoms with E-state index in [9.17, 15) is 22.0 Å². The molecule has 0 aliphatic heterocycles. The highest BCUT2D eigenvalue weighted by atomic mass is 35.5. The number of alkyl halides is 10. The molecule has 0 bridgehead atoms. The molecule has 0 saturated carbocycles. The zero-order valence-corrected chi connectivity index (χ0v) is 9.97. The lowest BCUT2D eigenvalue weighted by molar-refractivity contribution is -0.258. The summed E-state index contributed by atoms with van der Waals surface area (Å²) in [6, 6.07) is 0. The Bertz CT molecular complexity index is 209. The Labute approximate surface area is 105 Å². The lowest BCUT2D eigenvalue weighted by Gasteiger charge is -2.31. The van der Waals surface area contributed by atoms with Crippen LogP contribution in [0.3, 0.4) is 0 Å². The van der Waals surface area contributed by atoms with Gasteiger partial charge in [0.1, 0.15) is 0 Å². The monoisotopic (exact) mass is 334 g/mol. The average Bonchev–Trinajstić information content (AvgIpc) is 1.77. The summed E-state index contributed by atoms with van der Waals surface area (Å²) in [6.45, 7) is 0. The van der Waals surface area contributed by atoms with Gasteiger partial charge in [-0.2, -0.15) is 22.0 Å². The lowest BCUT2D eigenvalue weighted by Crippen LogP contribution is -2.47. The van der Waals surface area contributed by atoms with Crippen LogP contribution in [0.15, 0.2) is 0 Å². The van der Waals surface area contributed by atoms with Crippen molar-refractivity contribution in [1.29, 1.82) is 0 Å². The van der Waals surface area contributed by atoms with Gasteiger partial charge in [-0.3, -0.25) is 4.74 Å². The molecule has 0 saturated heterocycles. The van der Waals surface area contributed by atoms with Crippen molar-refractivity contribution >= 4 is 58.0 Å². The van der Waals surface area contributed by atoms with Crippen LogP contribution in [0.2, 0.25) is 0 Å². The van der Waals surface area contributed by atoms with Crippen molar-refractivity contribution in [3.8, 4) is 0 Å². The molecule has 92 valence electrons. The summed E-state index contributed by atoms with van der Waals surface area (Å²) in [7, 11) is 0. The SMILES string of the molecule is FC(F)(F)C(Cl)(Cl)OC(F)(Cl)C(F)(Cl)Cl. The number of hydrogen-bond acceptors (Lipinski definition) is 1. The van der Waals surface area contributed by atoms with Gasteiger partial charge in [0, 0.05) is 0 Å². The van der Waals surface area contributed by atoms with E-state index in [0.717, 1.165) is 0 Å². The number of rotatable bonds is 3. The van der Waals surface area contributed by atoms with Gasteiger partial charge in [-0.15, -0.1) is 0 Å². The van der Waals surface area contributed by atoms with Crippen LogP contribution in [0.1, 0.15) is 0 Å². The minimum atomic E-state index is -5.43. The summed E-state index contributed by atoms with van der Waals surface area (Å²) in [5.74, 6) is 0. The van der Waals surface area contributed by atoms with Crippen LogP contribution < -0.4 is 0 Å². The van der Waals surface area contributed by atoms with Gasteiger partial charge in [-0.25, -0.2) is 0 Å². The molecule has 0 fully saturated rings. The molecule has 0 radical (unpaired) electrons. The van der Waals surface area contributed by atoms with Crippen molar-refractivity contribution in [2.24, 2.45) is 0 Å². The maximum Gasteiger partial charge on any atom is 0.447 e. The molecule has 0 rings (SSSR count). The number of halogens is 10. The summed E-state index contributed by atoms with van der Waals surface area (Å²) >= 11 is 22.5. The highest BCUT2D eigenvalue weighted by molar-refractivity contribution is 6.52. The molecule has 0 aliphatic rings. The van der Waals surface area contributed by atoms with Gasteiger partial charge in [0.2, 0.25) is 0 Å². The molecule has 0 aromatic rings. The van der Waals surface area contributed by atoms with Gasteiger partial charge in [-0.05, 0) is 11.6 Å². The standard InChI is InChI=1S/C4Cl5F5O/c5-1(6,10)3(9,11)15-2(7,8)4(12,13)14. The third kappa shape index (κ3) is 4.09. The molecular formula is C4Cl5F5O. The second-order valence-corrected chi connectivity index (χ2v) is 5.11. The maximum atomic E-state index is 12.9. The quantitative estimate of drug-likeness (QED) is 0.538. The van der Waals surface area contributed by atoms with Gasteiger partial charge in [0.25, 0.3) is 0 Å². The fourth-order valence-corrected chi connectivity index (χ4v) is 0.761. The van der Waals surface area contributed by atoms with Crippen LogP contribution in [-0.4, -0.2) is 20.6 Å². The average molecular weight is 336 g/mol. The summed E-state index contributed by atoms with van der Waals surface area (Å²) in [4.78, 5) is 0. The minimum Gasteiger partial charge on any atom is -0.284 e. The smallest absolute Gasteiger partial charge is 0.284 e. The Morgan fingerprint density at radius 1 is 0.733 bits per heavy atom. The molecule has 0 aliphatic carbocycles. The Morgan fingerprint density at radius 2 is 1.07 bits per heavy atom. The molecule has 15 heavy (non-hydrogen) atoms. The first kappa shape index (κ1) is 16.1. The van der Waals surface area contributed by atoms with Crippen molar-refractivity contribution < 1.29 is 26.7 Å². The molecule has 0 amide bonds. The van der Waals surface area contributed by atoms with Crippen LogP contribution in [0, 0.1) is 0 Å². The largest absolute Gasteiger partial charge is 0.447 e. The third-order valence-electron chi connectivity index (χ3n) is 0.916. The van der Waals surface area contributed by atoms with Gasteiger partial charge in [0.15, 0.2) is 0 Å². The molecule has 1 unspecified atom stereocenters. The Hall–Kier alpha value is 1.06. The van der Waals surface area contributed by atoms with Gasteiger partial charge < -0.3 is 0 Å². The van der Waals surface area contributed by atoms with E-state index in [1.165, 1.54) is 0 Å². The summed E-state index contributed by atoms with van der Waals surface area (Å²) < 4.78 is 56.3. The van der Waals surface area contributed by atoms with E-state index >= 15 is 0 Å². The van der Waals surface area contributed by atoms with Gasteiger partial charge >= 0.3 is 20.6 Å². The zero-order valence-electron chi connectivity index (χ0n) is 6.19. The molecule has 1 atom stereocenters. The Kier molecular flexibility index (Phi) is 4.69. The van der Waals surface area contributed by atoms with Crippen LogP contribution in [0.25, 0.3) is 0 Å². The second kappa shape index (κ2) is 4.38. The van der Waals surface area contributed by atoms with Crippen LogP contribution in [-0.2, 0) is 4.74 Å². The van der Waals surface area contributed by atoms with E-state index in [-0.39, 0.29) is 0 Å². The molecule has 11 heteroatoms. The van der Waals surface area contributed by atoms with Crippen molar-refractivity contribution in [3.63, 3.8) is 0 Å². The van der Waals surface area contributed by atoms with E-state index in [1.54, 1.807) is 0 Å². The minimum absolute atomic E-state index is 3.22. The normalized spacial score (nSPS) is 18.8. The number of ether oxygens (including phenoxy) is 1. The Morgan fingerprint density at radius 3 is 1.27 bits per heavy atom. The van der Waals surface area contributed by atoms with E-state index in [0.29, 0.717) is 0 Å². The first-order chi connectivity index (χ1) is 6.21. The lowest BCUT2D eigenvalue weighted by atomic mass is 10.6. The summed E-state index contributed by atoms with van der Waals surface area (Å²) in [5, 5.41) is -4.27. The molecule has 1 nitrogen and oxygen atoms in total. The fourth-order valence-electron chi connectivity index (χ4n) is 0.277. The van der Waals surface area contributed by atoms with Crippen LogP contribution in [0.5, 0.6) is 0 Å². The highest BCUT2D eigenvalue weighted by Gasteiger charge is 2.64. The topological polar surface area (TPSA) is 9.23 Å². The predicted molar refractivity (Wildman–Crippen MR) is 46.8 cm³/mol. The van der Waals surface area contributed by atoms with Crippen molar-refractivity contribution in [2.75, 3.05) is 0 Å².